The van der Waals surface area contributed by atoms with E-state index < -0.39 is 12.0 Å². The lowest BCUT2D eigenvalue weighted by Gasteiger charge is -2.15. The van der Waals surface area contributed by atoms with Crippen molar-refractivity contribution in [2.75, 3.05) is 0 Å². The summed E-state index contributed by atoms with van der Waals surface area (Å²) in [6, 6.07) is 3.41. The molecule has 0 saturated carbocycles. The van der Waals surface area contributed by atoms with Gasteiger partial charge in [-0.1, -0.05) is 6.92 Å². The molecule has 0 aliphatic carbocycles. The molecule has 15 heavy (non-hydrogen) atoms. The molecule has 3 nitrogen and oxygen atoms in total. The summed E-state index contributed by atoms with van der Waals surface area (Å²) in [6.07, 6.45) is 0.539. The van der Waals surface area contributed by atoms with Gasteiger partial charge in [0.1, 0.15) is 5.97 Å². The Labute approximate surface area is 90.4 Å². The smallest absolute Gasteiger partial charge is 0.197 e. The average Bonchev–Trinajstić information content (AvgIpc) is 2.09. The van der Waals surface area contributed by atoms with Crippen LogP contribution in [0.4, 0.5) is 0 Å². The Balaban J connectivity index is 3.29. The molecule has 1 aromatic heterocycles. The second-order valence-electron chi connectivity index (χ2n) is 3.93. The van der Waals surface area contributed by atoms with Gasteiger partial charge in [0.25, 0.3) is 0 Å². The number of aliphatic carboxylic acids is 1. The van der Waals surface area contributed by atoms with Crippen LogP contribution >= 0.6 is 0 Å². The highest BCUT2D eigenvalue weighted by atomic mass is 16.4. The van der Waals surface area contributed by atoms with Crippen LogP contribution in [-0.4, -0.2) is 5.97 Å². The second kappa shape index (κ2) is 4.43. The number of hydrogen-bond donors (Lipinski definition) is 0. The molecule has 1 heterocycles. The summed E-state index contributed by atoms with van der Waals surface area (Å²) in [6.45, 7) is 7.70. The minimum atomic E-state index is -1.02. The van der Waals surface area contributed by atoms with Crippen molar-refractivity contribution < 1.29 is 14.5 Å². The fourth-order valence-electron chi connectivity index (χ4n) is 2.06. The van der Waals surface area contributed by atoms with Crippen molar-refractivity contribution in [3.8, 4) is 0 Å². The highest BCUT2D eigenvalue weighted by Gasteiger charge is 2.23. The number of aromatic nitrogens is 1. The number of nitrogens with zero attached hydrogens (tertiary/aromatic N) is 1. The van der Waals surface area contributed by atoms with E-state index in [4.69, 9.17) is 0 Å². The monoisotopic (exact) mass is 207 g/mol. The van der Waals surface area contributed by atoms with Crippen molar-refractivity contribution in [2.45, 2.75) is 40.2 Å². The van der Waals surface area contributed by atoms with Crippen molar-refractivity contribution in [1.82, 2.24) is 0 Å². The minimum absolute atomic E-state index is 0.539. The van der Waals surface area contributed by atoms with Crippen molar-refractivity contribution in [1.29, 1.82) is 0 Å². The molecule has 0 amide bonds. The lowest BCUT2D eigenvalue weighted by atomic mass is 10.1. The minimum Gasteiger partial charge on any atom is -0.543 e. The third kappa shape index (κ3) is 2.35. The van der Waals surface area contributed by atoms with Crippen LogP contribution in [0.15, 0.2) is 12.1 Å². The van der Waals surface area contributed by atoms with Gasteiger partial charge in [-0.3, -0.25) is 0 Å². The van der Waals surface area contributed by atoms with Gasteiger partial charge in [-0.15, -0.1) is 0 Å². The summed E-state index contributed by atoms with van der Waals surface area (Å²) < 4.78 is 1.82. The summed E-state index contributed by atoms with van der Waals surface area (Å²) >= 11 is 0. The Hall–Kier alpha value is -1.38. The van der Waals surface area contributed by atoms with Gasteiger partial charge in [0.2, 0.25) is 0 Å². The SMILES string of the molecule is CC[C@H](C(=O)[O-])[n+]1c(C)cc(C)cc1C. The summed E-state index contributed by atoms with van der Waals surface area (Å²) in [7, 11) is 0. The van der Waals surface area contributed by atoms with Crippen molar-refractivity contribution >= 4 is 5.97 Å². The molecule has 0 radical (unpaired) electrons. The van der Waals surface area contributed by atoms with Gasteiger partial charge in [0.05, 0.1) is 0 Å². The Kier molecular flexibility index (Phi) is 3.45. The molecule has 0 aliphatic rings. The number of carboxylic acids is 1. The molecule has 1 rings (SSSR count). The molecule has 1 atom stereocenters. The normalized spacial score (nSPS) is 12.5. The lowest BCUT2D eigenvalue weighted by Crippen LogP contribution is -2.52. The van der Waals surface area contributed by atoms with Gasteiger partial charge in [-0.05, 0) is 12.5 Å². The number of carbonyl (C=O) groups is 1. The van der Waals surface area contributed by atoms with E-state index in [1.165, 1.54) is 0 Å². The fraction of sp³-hybridized carbons (Fsp3) is 0.500. The molecule has 0 saturated heterocycles. The first-order chi connectivity index (χ1) is 6.97. The van der Waals surface area contributed by atoms with E-state index in [-0.39, 0.29) is 0 Å². The van der Waals surface area contributed by atoms with Gasteiger partial charge in [0.15, 0.2) is 17.4 Å². The van der Waals surface area contributed by atoms with E-state index in [1.54, 1.807) is 0 Å². The molecular weight excluding hydrogens is 190 g/mol. The van der Waals surface area contributed by atoms with Crippen LogP contribution in [0.2, 0.25) is 0 Å². The van der Waals surface area contributed by atoms with E-state index in [2.05, 4.69) is 0 Å². The molecule has 0 aliphatic heterocycles. The van der Waals surface area contributed by atoms with Crippen LogP contribution in [-0.2, 0) is 4.79 Å². The molecule has 0 fully saturated rings. The molecule has 0 spiro atoms. The maximum atomic E-state index is 11.0. The van der Waals surface area contributed by atoms with Crippen molar-refractivity contribution in [3.05, 3.63) is 29.1 Å². The second-order valence-corrected chi connectivity index (χ2v) is 3.93. The Bertz CT molecular complexity index is 362. The number of hydrogen-bond acceptors (Lipinski definition) is 2. The Morgan fingerprint density at radius 1 is 1.33 bits per heavy atom. The first kappa shape index (κ1) is 11.7. The topological polar surface area (TPSA) is 44.0 Å². The van der Waals surface area contributed by atoms with Crippen LogP contribution in [0.25, 0.3) is 0 Å². The zero-order valence-electron chi connectivity index (χ0n) is 9.70. The van der Waals surface area contributed by atoms with Gasteiger partial charge in [0, 0.05) is 32.4 Å². The third-order valence-electron chi connectivity index (χ3n) is 2.60. The largest absolute Gasteiger partial charge is 0.543 e. The van der Waals surface area contributed by atoms with E-state index >= 15 is 0 Å². The van der Waals surface area contributed by atoms with Gasteiger partial charge >= 0.3 is 0 Å². The van der Waals surface area contributed by atoms with Gasteiger partial charge in [-0.2, -0.15) is 4.57 Å². The third-order valence-corrected chi connectivity index (χ3v) is 2.60. The van der Waals surface area contributed by atoms with Gasteiger partial charge in [-0.25, -0.2) is 0 Å². The molecule has 82 valence electrons. The fourth-order valence-corrected chi connectivity index (χ4v) is 2.06. The van der Waals surface area contributed by atoms with E-state index in [0.29, 0.717) is 6.42 Å². The maximum Gasteiger partial charge on any atom is 0.197 e. The molecule has 3 heteroatoms. The average molecular weight is 207 g/mol. The molecule has 0 unspecified atom stereocenters. The number of carboxylic acid groups (broad SMARTS) is 1. The highest BCUT2D eigenvalue weighted by Crippen LogP contribution is 2.08. The molecule has 0 N–H and O–H groups in total. The van der Waals surface area contributed by atoms with Crippen molar-refractivity contribution in [2.24, 2.45) is 0 Å². The maximum absolute atomic E-state index is 11.0. The van der Waals surface area contributed by atoms with E-state index in [9.17, 15) is 9.90 Å². The summed E-state index contributed by atoms with van der Waals surface area (Å²) in [5, 5.41) is 11.0. The number of pyridine rings is 1. The first-order valence-corrected chi connectivity index (χ1v) is 5.17. The first-order valence-electron chi connectivity index (χ1n) is 5.17. The predicted octanol–water partition coefficient (Wildman–Crippen LogP) is 0.600. The van der Waals surface area contributed by atoms with Crippen LogP contribution in [0.5, 0.6) is 0 Å². The van der Waals surface area contributed by atoms with Gasteiger partial charge < -0.3 is 9.90 Å². The molecule has 1 aromatic rings. The number of carbonyl (C=O) groups excluding carboxylic acids is 1. The molecule has 0 aromatic carbocycles. The predicted molar refractivity (Wildman–Crippen MR) is 55.2 cm³/mol. The summed E-state index contributed by atoms with van der Waals surface area (Å²) in [5.41, 5.74) is 3.07. The van der Waals surface area contributed by atoms with Crippen molar-refractivity contribution in [3.63, 3.8) is 0 Å². The summed E-state index contributed by atoms with van der Waals surface area (Å²) in [5.74, 6) is -1.02. The molecule has 0 bridgehead atoms. The van der Waals surface area contributed by atoms with Crippen LogP contribution in [0.1, 0.15) is 36.3 Å². The van der Waals surface area contributed by atoms with Crippen LogP contribution < -0.4 is 9.67 Å². The Morgan fingerprint density at radius 2 is 1.80 bits per heavy atom. The highest BCUT2D eigenvalue weighted by molar-refractivity contribution is 5.67. The Morgan fingerprint density at radius 3 is 2.13 bits per heavy atom. The van der Waals surface area contributed by atoms with Crippen LogP contribution in [0, 0.1) is 20.8 Å². The summed E-state index contributed by atoms with van der Waals surface area (Å²) in [4.78, 5) is 11.0. The molecular formula is C12H17NO2. The lowest BCUT2D eigenvalue weighted by molar-refractivity contribution is -0.727. The van der Waals surface area contributed by atoms with E-state index in [0.717, 1.165) is 17.0 Å². The standard InChI is InChI=1S/C12H17NO2/c1-5-11(12(14)15)13-9(3)6-8(2)7-10(13)4/h6-7,11H,5H2,1-4H3/t11-/m1/s1. The zero-order chi connectivity index (χ0) is 11.6. The zero-order valence-corrected chi connectivity index (χ0v) is 9.70. The van der Waals surface area contributed by atoms with E-state index in [1.807, 2.05) is 44.4 Å². The quantitative estimate of drug-likeness (QED) is 0.681. The van der Waals surface area contributed by atoms with Crippen LogP contribution in [0.3, 0.4) is 0 Å². The number of rotatable bonds is 3. The number of aryl methyl sites for hydroxylation is 3.